The Labute approximate surface area is 209 Å². The second kappa shape index (κ2) is 13.0. The Bertz CT molecular complexity index is 1110. The van der Waals surface area contributed by atoms with Crippen molar-refractivity contribution in [2.45, 2.75) is 51.1 Å². The first kappa shape index (κ1) is 26.4. The van der Waals surface area contributed by atoms with Crippen molar-refractivity contribution in [1.29, 1.82) is 0 Å². The zero-order valence-electron chi connectivity index (χ0n) is 20.1. The summed E-state index contributed by atoms with van der Waals surface area (Å²) in [5.41, 5.74) is 0.564. The molecular weight excluding hydrogens is 464 g/mol. The molecule has 0 aliphatic carbocycles. The summed E-state index contributed by atoms with van der Waals surface area (Å²) in [5, 5.41) is 0. The number of rotatable bonds is 4. The lowest BCUT2D eigenvalue weighted by atomic mass is 10.1. The minimum absolute atomic E-state index is 0.000675. The van der Waals surface area contributed by atoms with Crippen LogP contribution >= 0.6 is 0 Å². The van der Waals surface area contributed by atoms with Gasteiger partial charge in [-0.2, -0.15) is 0 Å². The maximum Gasteiger partial charge on any atom is 0.338 e. The first-order valence-corrected chi connectivity index (χ1v) is 11.6. The van der Waals surface area contributed by atoms with Gasteiger partial charge >= 0.3 is 23.9 Å². The molecule has 0 N–H and O–H groups in total. The van der Waals surface area contributed by atoms with Gasteiger partial charge in [-0.1, -0.05) is 42.5 Å². The normalized spacial score (nSPS) is 24.8. The van der Waals surface area contributed by atoms with Gasteiger partial charge in [-0.25, -0.2) is 19.2 Å². The summed E-state index contributed by atoms with van der Waals surface area (Å²) in [5.74, 6) is -2.61. The maximum atomic E-state index is 12.9. The predicted octanol–water partition coefficient (Wildman–Crippen LogP) is 4.21. The SMILES string of the molecule is C[C@@H]1C/C=C/C(=O)O[C@H](C)C[C@H](OC(=O)c2ccccc2)[C@H](OC(=O)c2ccccc2)/C=C/C(=O)O1. The minimum atomic E-state index is -1.17. The number of carbonyl (C=O) groups is 4. The second-order valence-electron chi connectivity index (χ2n) is 8.27. The smallest absolute Gasteiger partial charge is 0.338 e. The van der Waals surface area contributed by atoms with E-state index in [0.29, 0.717) is 6.42 Å². The summed E-state index contributed by atoms with van der Waals surface area (Å²) in [6.45, 7) is 3.31. The van der Waals surface area contributed by atoms with E-state index >= 15 is 0 Å². The number of benzene rings is 2. The topological polar surface area (TPSA) is 105 Å². The van der Waals surface area contributed by atoms with Crippen LogP contribution in [0.25, 0.3) is 0 Å². The molecule has 8 heteroatoms. The molecule has 188 valence electrons. The molecule has 4 atom stereocenters. The van der Waals surface area contributed by atoms with Gasteiger partial charge in [-0.15, -0.1) is 0 Å². The molecule has 2 aromatic rings. The number of esters is 4. The molecule has 0 fully saturated rings. The van der Waals surface area contributed by atoms with E-state index in [1.807, 2.05) is 0 Å². The summed E-state index contributed by atoms with van der Waals surface area (Å²) in [6, 6.07) is 16.6. The molecule has 0 spiro atoms. The molecule has 8 nitrogen and oxygen atoms in total. The highest BCUT2D eigenvalue weighted by molar-refractivity contribution is 5.90. The van der Waals surface area contributed by atoms with Crippen molar-refractivity contribution in [3.63, 3.8) is 0 Å². The maximum absolute atomic E-state index is 12.9. The predicted molar refractivity (Wildman–Crippen MR) is 130 cm³/mol. The largest absolute Gasteiger partial charge is 0.459 e. The Morgan fingerprint density at radius 3 is 1.89 bits per heavy atom. The molecule has 0 aromatic heterocycles. The minimum Gasteiger partial charge on any atom is -0.459 e. The Hall–Kier alpha value is -4.20. The van der Waals surface area contributed by atoms with Crippen LogP contribution in [-0.4, -0.2) is 48.3 Å². The highest BCUT2D eigenvalue weighted by Crippen LogP contribution is 2.19. The van der Waals surface area contributed by atoms with Gasteiger partial charge in [0.25, 0.3) is 0 Å². The van der Waals surface area contributed by atoms with E-state index in [-0.39, 0.29) is 17.5 Å². The third kappa shape index (κ3) is 8.23. The molecule has 36 heavy (non-hydrogen) atoms. The monoisotopic (exact) mass is 492 g/mol. The van der Waals surface area contributed by atoms with Gasteiger partial charge in [0.1, 0.15) is 18.3 Å². The molecule has 0 unspecified atom stereocenters. The number of hydrogen-bond donors (Lipinski definition) is 0. The van der Waals surface area contributed by atoms with Crippen LogP contribution in [0.1, 0.15) is 47.4 Å². The van der Waals surface area contributed by atoms with E-state index in [1.165, 1.54) is 12.2 Å². The highest BCUT2D eigenvalue weighted by Gasteiger charge is 2.31. The van der Waals surface area contributed by atoms with Gasteiger partial charge < -0.3 is 18.9 Å². The van der Waals surface area contributed by atoms with Gasteiger partial charge in [0.2, 0.25) is 0 Å². The van der Waals surface area contributed by atoms with Gasteiger partial charge in [0.15, 0.2) is 6.10 Å². The molecule has 2 aromatic carbocycles. The number of ether oxygens (including phenoxy) is 4. The third-order valence-electron chi connectivity index (χ3n) is 5.23. The van der Waals surface area contributed by atoms with Crippen molar-refractivity contribution in [3.8, 4) is 0 Å². The van der Waals surface area contributed by atoms with Gasteiger partial charge in [-0.3, -0.25) is 0 Å². The molecule has 1 heterocycles. The van der Waals surface area contributed by atoms with Crippen LogP contribution in [0.15, 0.2) is 85.0 Å². The molecular formula is C28H28O8. The lowest BCUT2D eigenvalue weighted by Gasteiger charge is -2.27. The average molecular weight is 493 g/mol. The van der Waals surface area contributed by atoms with Crippen molar-refractivity contribution in [2.75, 3.05) is 0 Å². The fourth-order valence-corrected chi connectivity index (χ4v) is 3.46. The van der Waals surface area contributed by atoms with E-state index in [0.717, 1.165) is 6.08 Å². The zero-order chi connectivity index (χ0) is 25.9. The van der Waals surface area contributed by atoms with E-state index < -0.39 is 48.3 Å². The van der Waals surface area contributed by atoms with E-state index in [9.17, 15) is 19.2 Å². The van der Waals surface area contributed by atoms with Crippen LogP contribution in [0, 0.1) is 0 Å². The van der Waals surface area contributed by atoms with Crippen LogP contribution in [0.2, 0.25) is 0 Å². The molecule has 0 amide bonds. The standard InChI is InChI=1S/C28H28O8/c1-19-10-9-15-25(29)34-20(2)18-24(36-28(32)22-13-7-4-8-14-22)23(16-17-26(30)33-19)35-27(31)21-11-5-3-6-12-21/h3-9,11-17,19-20,23-24H,10,18H2,1-2H3/b15-9+,17-16+/t19-,20-,23-,24+/m1/s1. The van der Waals surface area contributed by atoms with Crippen molar-refractivity contribution < 1.29 is 38.1 Å². The summed E-state index contributed by atoms with van der Waals surface area (Å²) in [6.07, 6.45) is 2.10. The van der Waals surface area contributed by atoms with Crippen LogP contribution in [0.4, 0.5) is 0 Å². The number of cyclic esters (lactones) is 2. The summed E-state index contributed by atoms with van der Waals surface area (Å²) >= 11 is 0. The summed E-state index contributed by atoms with van der Waals surface area (Å²) in [7, 11) is 0. The lowest BCUT2D eigenvalue weighted by Crippen LogP contribution is -2.37. The Balaban J connectivity index is 1.93. The molecule has 0 saturated carbocycles. The first-order valence-electron chi connectivity index (χ1n) is 11.6. The van der Waals surface area contributed by atoms with Crippen LogP contribution < -0.4 is 0 Å². The fraction of sp³-hybridized carbons (Fsp3) is 0.286. The molecule has 0 radical (unpaired) electrons. The fourth-order valence-electron chi connectivity index (χ4n) is 3.46. The highest BCUT2D eigenvalue weighted by atomic mass is 16.6. The van der Waals surface area contributed by atoms with Crippen molar-refractivity contribution in [2.24, 2.45) is 0 Å². The van der Waals surface area contributed by atoms with E-state index in [4.69, 9.17) is 18.9 Å². The molecule has 1 aliphatic rings. The Kier molecular flexibility index (Phi) is 9.56. The molecule has 0 bridgehead atoms. The van der Waals surface area contributed by atoms with Crippen molar-refractivity contribution in [3.05, 3.63) is 96.1 Å². The Morgan fingerprint density at radius 2 is 1.28 bits per heavy atom. The number of carbonyl (C=O) groups excluding carboxylic acids is 4. The number of hydrogen-bond acceptors (Lipinski definition) is 8. The first-order chi connectivity index (χ1) is 17.3. The quantitative estimate of drug-likeness (QED) is 0.462. The third-order valence-corrected chi connectivity index (χ3v) is 5.23. The van der Waals surface area contributed by atoms with E-state index in [2.05, 4.69) is 0 Å². The van der Waals surface area contributed by atoms with Gasteiger partial charge in [-0.05, 0) is 44.2 Å². The summed E-state index contributed by atoms with van der Waals surface area (Å²) < 4.78 is 22.1. The van der Waals surface area contributed by atoms with Crippen LogP contribution in [0.5, 0.6) is 0 Å². The van der Waals surface area contributed by atoms with Crippen molar-refractivity contribution >= 4 is 23.9 Å². The second-order valence-corrected chi connectivity index (χ2v) is 8.27. The molecule has 1 aliphatic heterocycles. The average Bonchev–Trinajstić information content (AvgIpc) is 2.86. The molecule has 0 saturated heterocycles. The lowest BCUT2D eigenvalue weighted by molar-refractivity contribution is -0.144. The van der Waals surface area contributed by atoms with Gasteiger partial charge in [0.05, 0.1) is 11.1 Å². The van der Waals surface area contributed by atoms with Gasteiger partial charge in [0, 0.05) is 25.0 Å². The molecule has 3 rings (SSSR count). The van der Waals surface area contributed by atoms with E-state index in [1.54, 1.807) is 80.6 Å². The van der Waals surface area contributed by atoms with Crippen molar-refractivity contribution in [1.82, 2.24) is 0 Å². The van der Waals surface area contributed by atoms with Crippen LogP contribution in [0.3, 0.4) is 0 Å². The Morgan fingerprint density at radius 1 is 0.750 bits per heavy atom. The van der Waals surface area contributed by atoms with Crippen LogP contribution in [-0.2, 0) is 28.5 Å². The summed E-state index contributed by atoms with van der Waals surface area (Å²) in [4.78, 5) is 50.3. The zero-order valence-corrected chi connectivity index (χ0v) is 20.1.